The zero-order valence-electron chi connectivity index (χ0n) is 19.3. The number of anilines is 1. The first-order chi connectivity index (χ1) is 15.9. The number of ether oxygens (including phenoxy) is 1. The SMILES string of the molecule is COc1cccc(CC(=O)N2CCCC(c3nc(N(C)C)ncc3-c3ccc(F)cc3)C2)c1. The highest BCUT2D eigenvalue weighted by Gasteiger charge is 2.28. The molecule has 3 aromatic rings. The monoisotopic (exact) mass is 448 g/mol. The molecule has 1 aliphatic rings. The van der Waals surface area contributed by atoms with Gasteiger partial charge in [-0.05, 0) is 48.2 Å². The third-order valence-corrected chi connectivity index (χ3v) is 6.01. The number of likely N-dealkylation sites (tertiary alicyclic amines) is 1. The van der Waals surface area contributed by atoms with E-state index in [2.05, 4.69) is 4.98 Å². The predicted octanol–water partition coefficient (Wildman–Crippen LogP) is 4.31. The molecule has 1 aliphatic heterocycles. The first kappa shape index (κ1) is 22.7. The maximum absolute atomic E-state index is 13.5. The van der Waals surface area contributed by atoms with Crippen LogP contribution < -0.4 is 9.64 Å². The molecule has 2 aromatic carbocycles. The van der Waals surface area contributed by atoms with Gasteiger partial charge in [-0.15, -0.1) is 0 Å². The fourth-order valence-electron chi connectivity index (χ4n) is 4.26. The molecule has 2 heterocycles. The summed E-state index contributed by atoms with van der Waals surface area (Å²) < 4.78 is 18.8. The number of aromatic nitrogens is 2. The fourth-order valence-corrected chi connectivity index (χ4v) is 4.26. The van der Waals surface area contributed by atoms with Gasteiger partial charge in [-0.2, -0.15) is 0 Å². The van der Waals surface area contributed by atoms with Gasteiger partial charge in [-0.3, -0.25) is 4.79 Å². The van der Waals surface area contributed by atoms with Crippen LogP contribution in [0.2, 0.25) is 0 Å². The second-order valence-corrected chi connectivity index (χ2v) is 8.58. The Morgan fingerprint density at radius 3 is 2.73 bits per heavy atom. The van der Waals surface area contributed by atoms with Gasteiger partial charge in [0, 0.05) is 44.9 Å². The van der Waals surface area contributed by atoms with Crippen LogP contribution in [0.5, 0.6) is 5.75 Å². The summed E-state index contributed by atoms with van der Waals surface area (Å²) in [7, 11) is 5.43. The number of carbonyl (C=O) groups is 1. The molecule has 6 nitrogen and oxygen atoms in total. The summed E-state index contributed by atoms with van der Waals surface area (Å²) in [5.41, 5.74) is 3.59. The molecule has 33 heavy (non-hydrogen) atoms. The first-order valence-corrected chi connectivity index (χ1v) is 11.2. The van der Waals surface area contributed by atoms with Crippen molar-refractivity contribution in [3.8, 4) is 16.9 Å². The van der Waals surface area contributed by atoms with E-state index in [-0.39, 0.29) is 17.6 Å². The third kappa shape index (κ3) is 5.30. The molecule has 7 heteroatoms. The van der Waals surface area contributed by atoms with Crippen molar-refractivity contribution < 1.29 is 13.9 Å². The highest BCUT2D eigenvalue weighted by molar-refractivity contribution is 5.79. The normalized spacial score (nSPS) is 15.9. The van der Waals surface area contributed by atoms with E-state index in [1.165, 1.54) is 12.1 Å². The molecule has 1 atom stereocenters. The van der Waals surface area contributed by atoms with Gasteiger partial charge in [-0.1, -0.05) is 24.3 Å². The number of hydrogen-bond donors (Lipinski definition) is 0. The van der Waals surface area contributed by atoms with Crippen LogP contribution in [0.3, 0.4) is 0 Å². The van der Waals surface area contributed by atoms with Gasteiger partial charge in [0.15, 0.2) is 0 Å². The van der Waals surface area contributed by atoms with Crippen molar-refractivity contribution in [2.75, 3.05) is 39.2 Å². The predicted molar refractivity (Wildman–Crippen MR) is 127 cm³/mol. The third-order valence-electron chi connectivity index (χ3n) is 6.01. The number of nitrogens with zero attached hydrogens (tertiary/aromatic N) is 4. The van der Waals surface area contributed by atoms with E-state index >= 15 is 0 Å². The van der Waals surface area contributed by atoms with E-state index in [1.807, 2.05) is 54.4 Å². The molecule has 172 valence electrons. The van der Waals surface area contributed by atoms with Gasteiger partial charge in [-0.25, -0.2) is 14.4 Å². The quantitative estimate of drug-likeness (QED) is 0.563. The number of amides is 1. The minimum absolute atomic E-state index is 0.0785. The molecule has 0 radical (unpaired) electrons. The van der Waals surface area contributed by atoms with Crippen molar-refractivity contribution in [2.45, 2.75) is 25.2 Å². The lowest BCUT2D eigenvalue weighted by molar-refractivity contribution is -0.131. The lowest BCUT2D eigenvalue weighted by atomic mass is 9.89. The van der Waals surface area contributed by atoms with Crippen LogP contribution in [0.25, 0.3) is 11.1 Å². The average molecular weight is 449 g/mol. The number of carbonyl (C=O) groups excluding carboxylic acids is 1. The zero-order valence-corrected chi connectivity index (χ0v) is 19.3. The number of methoxy groups -OCH3 is 1. The van der Waals surface area contributed by atoms with Crippen LogP contribution in [-0.4, -0.2) is 55.1 Å². The Morgan fingerprint density at radius 1 is 1.21 bits per heavy atom. The number of hydrogen-bond acceptors (Lipinski definition) is 5. The van der Waals surface area contributed by atoms with Gasteiger partial charge < -0.3 is 14.5 Å². The zero-order chi connectivity index (χ0) is 23.4. The van der Waals surface area contributed by atoms with Crippen molar-refractivity contribution in [1.82, 2.24) is 14.9 Å². The van der Waals surface area contributed by atoms with E-state index < -0.39 is 0 Å². The second-order valence-electron chi connectivity index (χ2n) is 8.58. The molecule has 1 fully saturated rings. The Labute approximate surface area is 194 Å². The van der Waals surface area contributed by atoms with Crippen LogP contribution in [-0.2, 0) is 11.2 Å². The maximum atomic E-state index is 13.5. The van der Waals surface area contributed by atoms with E-state index in [9.17, 15) is 9.18 Å². The molecular weight excluding hydrogens is 419 g/mol. The molecule has 1 amide bonds. The Balaban J connectivity index is 1.59. The van der Waals surface area contributed by atoms with Gasteiger partial charge in [0.2, 0.25) is 11.9 Å². The van der Waals surface area contributed by atoms with E-state index in [1.54, 1.807) is 19.2 Å². The number of rotatable bonds is 6. The molecule has 1 unspecified atom stereocenters. The molecule has 0 aliphatic carbocycles. The Bertz CT molecular complexity index is 1120. The van der Waals surface area contributed by atoms with Gasteiger partial charge in [0.25, 0.3) is 0 Å². The maximum Gasteiger partial charge on any atom is 0.227 e. The summed E-state index contributed by atoms with van der Waals surface area (Å²) in [6.07, 6.45) is 3.98. The van der Waals surface area contributed by atoms with E-state index in [0.717, 1.165) is 47.5 Å². The van der Waals surface area contributed by atoms with Crippen molar-refractivity contribution in [2.24, 2.45) is 0 Å². The second kappa shape index (κ2) is 9.98. The molecule has 1 aromatic heterocycles. The standard InChI is InChI=1S/C26H29FN4O2/c1-30(2)26-28-16-23(19-9-11-21(27)12-10-19)25(29-26)20-7-5-13-31(17-20)24(32)15-18-6-4-8-22(14-18)33-3/h4,6,8-12,14,16,20H,5,7,13,15,17H2,1-3H3. The van der Waals surface area contributed by atoms with Crippen LogP contribution in [0, 0.1) is 5.82 Å². The lowest BCUT2D eigenvalue weighted by Gasteiger charge is -2.33. The summed E-state index contributed by atoms with van der Waals surface area (Å²) in [4.78, 5) is 26.3. The molecule has 0 bridgehead atoms. The van der Waals surface area contributed by atoms with E-state index in [0.29, 0.717) is 18.9 Å². The van der Waals surface area contributed by atoms with Crippen LogP contribution >= 0.6 is 0 Å². The van der Waals surface area contributed by atoms with Crippen molar-refractivity contribution >= 4 is 11.9 Å². The van der Waals surface area contributed by atoms with Crippen LogP contribution in [0.4, 0.5) is 10.3 Å². The van der Waals surface area contributed by atoms with Crippen molar-refractivity contribution in [1.29, 1.82) is 0 Å². The van der Waals surface area contributed by atoms with Crippen LogP contribution in [0.1, 0.15) is 30.0 Å². The average Bonchev–Trinajstić information content (AvgIpc) is 2.84. The summed E-state index contributed by atoms with van der Waals surface area (Å²) in [6.45, 7) is 1.33. The summed E-state index contributed by atoms with van der Waals surface area (Å²) in [5, 5.41) is 0. The topological polar surface area (TPSA) is 58.6 Å². The Hall–Kier alpha value is -3.48. The smallest absolute Gasteiger partial charge is 0.227 e. The van der Waals surface area contributed by atoms with Gasteiger partial charge >= 0.3 is 0 Å². The minimum Gasteiger partial charge on any atom is -0.497 e. The number of benzene rings is 2. The van der Waals surface area contributed by atoms with Gasteiger partial charge in [0.05, 0.1) is 19.2 Å². The fraction of sp³-hybridized carbons (Fsp3) is 0.346. The largest absolute Gasteiger partial charge is 0.497 e. The summed E-state index contributed by atoms with van der Waals surface area (Å²) >= 11 is 0. The van der Waals surface area contributed by atoms with Crippen molar-refractivity contribution in [3.05, 3.63) is 71.8 Å². The minimum atomic E-state index is -0.280. The van der Waals surface area contributed by atoms with E-state index in [4.69, 9.17) is 9.72 Å². The molecular formula is C26H29FN4O2. The molecule has 0 spiro atoms. The molecule has 1 saturated heterocycles. The molecule has 0 N–H and O–H groups in total. The highest BCUT2D eigenvalue weighted by atomic mass is 19.1. The first-order valence-electron chi connectivity index (χ1n) is 11.2. The summed E-state index contributed by atoms with van der Waals surface area (Å²) in [5.74, 6) is 1.26. The van der Waals surface area contributed by atoms with Crippen molar-refractivity contribution in [3.63, 3.8) is 0 Å². The summed E-state index contributed by atoms with van der Waals surface area (Å²) in [6, 6.07) is 14.0. The Morgan fingerprint density at radius 2 is 2.00 bits per heavy atom. The molecule has 4 rings (SSSR count). The van der Waals surface area contributed by atoms with Gasteiger partial charge in [0.1, 0.15) is 11.6 Å². The molecule has 0 saturated carbocycles. The highest BCUT2D eigenvalue weighted by Crippen LogP contribution is 2.34. The Kier molecular flexibility index (Phi) is 6.87. The lowest BCUT2D eigenvalue weighted by Crippen LogP contribution is -2.40. The number of piperidine rings is 1. The van der Waals surface area contributed by atoms with Crippen LogP contribution in [0.15, 0.2) is 54.7 Å². The number of halogens is 1.